The standard InChI is InChI=1S/C17H23N7O3/c1-3-15-22-14(23-27-15)10-24-9-11(7-13(24)17(26)19-4-2)21-16(25)12-8-18-5-6-20-12/h5-6,8,11,13H,3-4,7,9-10H2,1-2H3,(H,19,26)(H,21,25)/t11-,13-/m0/s1. The number of likely N-dealkylation sites (N-methyl/N-ethyl adjacent to an activating group) is 1. The van der Waals surface area contributed by atoms with Crippen molar-refractivity contribution in [1.29, 1.82) is 0 Å². The highest BCUT2D eigenvalue weighted by atomic mass is 16.5. The van der Waals surface area contributed by atoms with Crippen LogP contribution in [0.4, 0.5) is 0 Å². The van der Waals surface area contributed by atoms with E-state index in [9.17, 15) is 9.59 Å². The van der Waals surface area contributed by atoms with Crippen molar-refractivity contribution >= 4 is 11.8 Å². The third kappa shape index (κ3) is 4.64. The number of carbonyl (C=O) groups excluding carboxylic acids is 2. The minimum Gasteiger partial charge on any atom is -0.355 e. The van der Waals surface area contributed by atoms with Gasteiger partial charge in [-0.1, -0.05) is 12.1 Å². The van der Waals surface area contributed by atoms with Gasteiger partial charge in [0.1, 0.15) is 5.69 Å². The van der Waals surface area contributed by atoms with Gasteiger partial charge in [-0.25, -0.2) is 4.98 Å². The van der Waals surface area contributed by atoms with Gasteiger partial charge in [0.05, 0.1) is 18.8 Å². The molecule has 0 unspecified atom stereocenters. The Morgan fingerprint density at radius 3 is 2.85 bits per heavy atom. The highest BCUT2D eigenvalue weighted by Gasteiger charge is 2.38. The average Bonchev–Trinajstić information content (AvgIpc) is 3.29. The zero-order chi connectivity index (χ0) is 19.2. The van der Waals surface area contributed by atoms with Gasteiger partial charge in [-0.3, -0.25) is 19.5 Å². The van der Waals surface area contributed by atoms with E-state index >= 15 is 0 Å². The normalized spacial score (nSPS) is 19.8. The fourth-order valence-electron chi connectivity index (χ4n) is 3.10. The van der Waals surface area contributed by atoms with Crippen molar-refractivity contribution in [2.24, 2.45) is 0 Å². The summed E-state index contributed by atoms with van der Waals surface area (Å²) in [5, 5.41) is 9.73. The molecule has 1 aliphatic heterocycles. The Morgan fingerprint density at radius 2 is 2.19 bits per heavy atom. The molecular formula is C17H23N7O3. The maximum Gasteiger partial charge on any atom is 0.271 e. The number of aryl methyl sites for hydroxylation is 1. The van der Waals surface area contributed by atoms with Gasteiger partial charge in [0.2, 0.25) is 11.8 Å². The second-order valence-corrected chi connectivity index (χ2v) is 6.29. The number of amides is 2. The Balaban J connectivity index is 1.68. The summed E-state index contributed by atoms with van der Waals surface area (Å²) in [5.74, 6) is 0.707. The lowest BCUT2D eigenvalue weighted by Gasteiger charge is -2.21. The van der Waals surface area contributed by atoms with Crippen LogP contribution < -0.4 is 10.6 Å². The predicted octanol–water partition coefficient (Wildman–Crippen LogP) is -0.0690. The maximum absolute atomic E-state index is 12.5. The van der Waals surface area contributed by atoms with Gasteiger partial charge in [0.15, 0.2) is 5.82 Å². The fraction of sp³-hybridized carbons (Fsp3) is 0.529. The van der Waals surface area contributed by atoms with Crippen molar-refractivity contribution in [3.8, 4) is 0 Å². The number of carbonyl (C=O) groups is 2. The van der Waals surface area contributed by atoms with E-state index in [0.717, 1.165) is 0 Å². The molecule has 0 spiro atoms. The molecule has 2 amide bonds. The van der Waals surface area contributed by atoms with Gasteiger partial charge >= 0.3 is 0 Å². The van der Waals surface area contributed by atoms with E-state index in [-0.39, 0.29) is 29.6 Å². The molecule has 3 heterocycles. The van der Waals surface area contributed by atoms with Gasteiger partial charge in [0.25, 0.3) is 5.91 Å². The first-order chi connectivity index (χ1) is 13.1. The molecular weight excluding hydrogens is 350 g/mol. The lowest BCUT2D eigenvalue weighted by Crippen LogP contribution is -2.42. The zero-order valence-electron chi connectivity index (χ0n) is 15.4. The van der Waals surface area contributed by atoms with E-state index in [1.54, 1.807) is 0 Å². The number of hydrogen-bond donors (Lipinski definition) is 2. The third-order valence-electron chi connectivity index (χ3n) is 4.35. The van der Waals surface area contributed by atoms with Crippen LogP contribution in [0.2, 0.25) is 0 Å². The molecule has 0 radical (unpaired) electrons. The van der Waals surface area contributed by atoms with Crippen LogP contribution in [0.25, 0.3) is 0 Å². The number of likely N-dealkylation sites (tertiary alicyclic amines) is 1. The second kappa shape index (κ2) is 8.67. The van der Waals surface area contributed by atoms with Gasteiger partial charge in [-0.05, 0) is 13.3 Å². The molecule has 10 nitrogen and oxygen atoms in total. The van der Waals surface area contributed by atoms with E-state index in [1.165, 1.54) is 18.6 Å². The highest BCUT2D eigenvalue weighted by Crippen LogP contribution is 2.20. The number of rotatable bonds is 7. The molecule has 2 N–H and O–H groups in total. The molecule has 1 saturated heterocycles. The molecule has 144 valence electrons. The summed E-state index contributed by atoms with van der Waals surface area (Å²) in [6.07, 6.45) is 5.54. The molecule has 0 aromatic carbocycles. The molecule has 0 bridgehead atoms. The summed E-state index contributed by atoms with van der Waals surface area (Å²) in [4.78, 5) is 39.0. The topological polar surface area (TPSA) is 126 Å². The van der Waals surface area contributed by atoms with Crippen LogP contribution in [0.15, 0.2) is 23.1 Å². The predicted molar refractivity (Wildman–Crippen MR) is 94.5 cm³/mol. The smallest absolute Gasteiger partial charge is 0.271 e. The van der Waals surface area contributed by atoms with Crippen molar-refractivity contribution in [2.45, 2.75) is 45.3 Å². The monoisotopic (exact) mass is 373 g/mol. The van der Waals surface area contributed by atoms with Crippen LogP contribution >= 0.6 is 0 Å². The molecule has 1 aliphatic rings. The minimum absolute atomic E-state index is 0.0760. The van der Waals surface area contributed by atoms with Crippen LogP contribution in [0, 0.1) is 0 Å². The number of hydrogen-bond acceptors (Lipinski definition) is 8. The quantitative estimate of drug-likeness (QED) is 0.691. The Hall–Kier alpha value is -2.88. The molecule has 3 rings (SSSR count). The Bertz CT molecular complexity index is 780. The SMILES string of the molecule is CCNC(=O)[C@@H]1C[C@H](NC(=O)c2cnccn2)CN1Cc1noc(CC)n1. The molecule has 2 atom stereocenters. The maximum atomic E-state index is 12.5. The largest absolute Gasteiger partial charge is 0.355 e. The van der Waals surface area contributed by atoms with Crippen LogP contribution in [0.3, 0.4) is 0 Å². The Morgan fingerprint density at radius 1 is 1.33 bits per heavy atom. The van der Waals surface area contributed by atoms with Crippen molar-refractivity contribution < 1.29 is 14.1 Å². The summed E-state index contributed by atoms with van der Waals surface area (Å²) < 4.78 is 5.14. The summed E-state index contributed by atoms with van der Waals surface area (Å²) in [6.45, 7) is 5.23. The average molecular weight is 373 g/mol. The van der Waals surface area contributed by atoms with Crippen LogP contribution in [-0.2, 0) is 17.8 Å². The van der Waals surface area contributed by atoms with E-state index in [4.69, 9.17) is 4.52 Å². The summed E-state index contributed by atoms with van der Waals surface area (Å²) in [6, 6.07) is -0.564. The van der Waals surface area contributed by atoms with Gasteiger partial charge in [-0.15, -0.1) is 0 Å². The van der Waals surface area contributed by atoms with Crippen molar-refractivity contribution in [3.05, 3.63) is 36.0 Å². The summed E-state index contributed by atoms with van der Waals surface area (Å²) in [7, 11) is 0. The van der Waals surface area contributed by atoms with Crippen molar-refractivity contribution in [3.63, 3.8) is 0 Å². The lowest BCUT2D eigenvalue weighted by atomic mass is 10.1. The highest BCUT2D eigenvalue weighted by molar-refractivity contribution is 5.92. The molecule has 0 saturated carbocycles. The number of nitrogens with one attached hydrogen (secondary N) is 2. The lowest BCUT2D eigenvalue weighted by molar-refractivity contribution is -0.125. The first-order valence-electron chi connectivity index (χ1n) is 9.00. The Labute approximate surface area is 156 Å². The molecule has 2 aromatic rings. The fourth-order valence-corrected chi connectivity index (χ4v) is 3.10. The number of aromatic nitrogens is 4. The van der Waals surface area contributed by atoms with Crippen molar-refractivity contribution in [2.75, 3.05) is 13.1 Å². The van der Waals surface area contributed by atoms with Crippen LogP contribution in [-0.4, -0.2) is 62.0 Å². The molecule has 1 fully saturated rings. The molecule has 27 heavy (non-hydrogen) atoms. The van der Waals surface area contributed by atoms with Crippen LogP contribution in [0.5, 0.6) is 0 Å². The van der Waals surface area contributed by atoms with E-state index in [2.05, 4.69) is 30.7 Å². The molecule has 0 aliphatic carbocycles. The first-order valence-corrected chi connectivity index (χ1v) is 9.00. The van der Waals surface area contributed by atoms with Gasteiger partial charge < -0.3 is 15.2 Å². The van der Waals surface area contributed by atoms with E-state index in [0.29, 0.717) is 44.2 Å². The van der Waals surface area contributed by atoms with Crippen LogP contribution in [0.1, 0.15) is 42.5 Å². The number of nitrogens with zero attached hydrogens (tertiary/aromatic N) is 5. The van der Waals surface area contributed by atoms with Crippen molar-refractivity contribution in [1.82, 2.24) is 35.6 Å². The van der Waals surface area contributed by atoms with Gasteiger partial charge in [-0.2, -0.15) is 4.98 Å². The zero-order valence-corrected chi connectivity index (χ0v) is 15.4. The molecule has 10 heteroatoms. The van der Waals surface area contributed by atoms with E-state index in [1.807, 2.05) is 18.7 Å². The third-order valence-corrected chi connectivity index (χ3v) is 4.35. The van der Waals surface area contributed by atoms with E-state index < -0.39 is 0 Å². The first kappa shape index (κ1) is 18.9. The van der Waals surface area contributed by atoms with Gasteiger partial charge in [0, 0.05) is 37.9 Å². The summed E-state index contributed by atoms with van der Waals surface area (Å²) in [5.41, 5.74) is 0.247. The Kier molecular flexibility index (Phi) is 6.07. The second-order valence-electron chi connectivity index (χ2n) is 6.29. The minimum atomic E-state index is -0.374. The molecule has 2 aromatic heterocycles. The summed E-state index contributed by atoms with van der Waals surface area (Å²) >= 11 is 0.